The largest absolute Gasteiger partial charge is 0.375 e. The molecular formula is C18H28N2O. The average molecular weight is 288 g/mol. The minimum atomic E-state index is 0.269. The zero-order chi connectivity index (χ0) is 14.5. The number of rotatable bonds is 5. The lowest BCUT2D eigenvalue weighted by Crippen LogP contribution is -2.55. The van der Waals surface area contributed by atoms with E-state index in [0.717, 1.165) is 32.5 Å². The highest BCUT2D eigenvalue weighted by Gasteiger charge is 2.34. The summed E-state index contributed by atoms with van der Waals surface area (Å²) < 4.78 is 5.94. The van der Waals surface area contributed by atoms with Gasteiger partial charge in [-0.2, -0.15) is 0 Å². The van der Waals surface area contributed by atoms with Gasteiger partial charge < -0.3 is 10.5 Å². The summed E-state index contributed by atoms with van der Waals surface area (Å²) in [5, 5.41) is 0. The molecule has 1 aliphatic heterocycles. The monoisotopic (exact) mass is 288 g/mol. The molecule has 2 N–H and O–H groups in total. The molecule has 3 heteroatoms. The number of hydrogen-bond acceptors (Lipinski definition) is 3. The van der Waals surface area contributed by atoms with Crippen molar-refractivity contribution in [3.05, 3.63) is 35.9 Å². The normalized spacial score (nSPS) is 28.0. The molecule has 1 saturated carbocycles. The molecular weight excluding hydrogens is 260 g/mol. The molecule has 0 spiro atoms. The molecule has 3 unspecified atom stereocenters. The Morgan fingerprint density at radius 2 is 2.00 bits per heavy atom. The van der Waals surface area contributed by atoms with Gasteiger partial charge in [0.1, 0.15) is 0 Å². The molecule has 21 heavy (non-hydrogen) atoms. The van der Waals surface area contributed by atoms with Crippen molar-refractivity contribution in [1.29, 1.82) is 0 Å². The van der Waals surface area contributed by atoms with Crippen LogP contribution in [0.1, 0.15) is 37.7 Å². The van der Waals surface area contributed by atoms with Crippen LogP contribution in [0, 0.1) is 0 Å². The number of benzene rings is 1. The Labute approximate surface area is 128 Å². The molecule has 3 rings (SSSR count). The van der Waals surface area contributed by atoms with Crippen LogP contribution in [-0.4, -0.2) is 42.8 Å². The quantitative estimate of drug-likeness (QED) is 0.905. The molecule has 2 fully saturated rings. The summed E-state index contributed by atoms with van der Waals surface area (Å²) >= 11 is 0. The lowest BCUT2D eigenvalue weighted by molar-refractivity contribution is -0.0894. The first-order valence-corrected chi connectivity index (χ1v) is 8.48. The highest BCUT2D eigenvalue weighted by molar-refractivity contribution is 5.14. The summed E-state index contributed by atoms with van der Waals surface area (Å²) in [6.45, 7) is 2.96. The van der Waals surface area contributed by atoms with Crippen LogP contribution >= 0.6 is 0 Å². The van der Waals surface area contributed by atoms with E-state index in [2.05, 4.69) is 35.2 Å². The van der Waals surface area contributed by atoms with E-state index in [1.54, 1.807) is 0 Å². The second-order valence-electron chi connectivity index (χ2n) is 6.54. The molecule has 3 nitrogen and oxygen atoms in total. The third kappa shape index (κ3) is 4.06. The predicted octanol–water partition coefficient (Wildman–Crippen LogP) is 2.59. The summed E-state index contributed by atoms with van der Waals surface area (Å²) in [5.74, 6) is 0. The Morgan fingerprint density at radius 3 is 2.86 bits per heavy atom. The second kappa shape index (κ2) is 7.39. The third-order valence-electron chi connectivity index (χ3n) is 4.96. The molecule has 0 radical (unpaired) electrons. The van der Waals surface area contributed by atoms with Crippen molar-refractivity contribution in [3.8, 4) is 0 Å². The summed E-state index contributed by atoms with van der Waals surface area (Å²) in [6.07, 6.45) is 7.82. The Kier molecular flexibility index (Phi) is 5.28. The van der Waals surface area contributed by atoms with Crippen molar-refractivity contribution in [2.24, 2.45) is 5.73 Å². The lowest BCUT2D eigenvalue weighted by atomic mass is 9.89. The van der Waals surface area contributed by atoms with E-state index in [4.69, 9.17) is 10.5 Å². The fourth-order valence-electron chi connectivity index (χ4n) is 3.79. The Morgan fingerprint density at radius 1 is 1.19 bits per heavy atom. The van der Waals surface area contributed by atoms with Gasteiger partial charge >= 0.3 is 0 Å². The molecule has 2 aliphatic rings. The Hall–Kier alpha value is -0.900. The molecule has 1 aliphatic carbocycles. The van der Waals surface area contributed by atoms with E-state index in [1.807, 2.05) is 0 Å². The minimum absolute atomic E-state index is 0.269. The van der Waals surface area contributed by atoms with Gasteiger partial charge in [0, 0.05) is 25.2 Å². The second-order valence-corrected chi connectivity index (χ2v) is 6.54. The topological polar surface area (TPSA) is 38.5 Å². The highest BCUT2D eigenvalue weighted by Crippen LogP contribution is 2.28. The van der Waals surface area contributed by atoms with Gasteiger partial charge in [0.25, 0.3) is 0 Å². The number of morpholine rings is 1. The summed E-state index contributed by atoms with van der Waals surface area (Å²) in [5.41, 5.74) is 7.79. The summed E-state index contributed by atoms with van der Waals surface area (Å²) in [7, 11) is 0. The first-order valence-electron chi connectivity index (χ1n) is 8.48. The van der Waals surface area contributed by atoms with Crippen LogP contribution in [0.15, 0.2) is 30.3 Å². The van der Waals surface area contributed by atoms with Crippen LogP contribution in [0.25, 0.3) is 0 Å². The maximum absolute atomic E-state index is 6.39. The molecule has 1 aromatic carbocycles. The van der Waals surface area contributed by atoms with E-state index in [9.17, 15) is 0 Å². The SMILES string of the molecule is NC(CCc1ccccc1)CN1CCOC2CCCCC21. The molecule has 3 atom stereocenters. The van der Waals surface area contributed by atoms with Crippen molar-refractivity contribution in [2.75, 3.05) is 19.7 Å². The van der Waals surface area contributed by atoms with E-state index in [-0.39, 0.29) is 6.04 Å². The smallest absolute Gasteiger partial charge is 0.0730 e. The summed E-state index contributed by atoms with van der Waals surface area (Å²) in [6, 6.07) is 11.6. The summed E-state index contributed by atoms with van der Waals surface area (Å²) in [4.78, 5) is 2.60. The van der Waals surface area contributed by atoms with Gasteiger partial charge in [0.2, 0.25) is 0 Å². The van der Waals surface area contributed by atoms with Gasteiger partial charge in [-0.3, -0.25) is 4.90 Å². The van der Waals surface area contributed by atoms with Gasteiger partial charge in [-0.05, 0) is 31.2 Å². The molecule has 1 aromatic rings. The van der Waals surface area contributed by atoms with E-state index in [1.165, 1.54) is 31.2 Å². The minimum Gasteiger partial charge on any atom is -0.375 e. The zero-order valence-corrected chi connectivity index (χ0v) is 12.9. The van der Waals surface area contributed by atoms with Crippen LogP contribution in [0.5, 0.6) is 0 Å². The number of fused-ring (bicyclic) bond motifs is 1. The van der Waals surface area contributed by atoms with Crippen LogP contribution in [0.3, 0.4) is 0 Å². The first-order chi connectivity index (χ1) is 10.3. The maximum Gasteiger partial charge on any atom is 0.0730 e. The molecule has 1 saturated heterocycles. The van der Waals surface area contributed by atoms with Crippen molar-refractivity contribution in [2.45, 2.75) is 56.7 Å². The number of ether oxygens (including phenoxy) is 1. The number of aryl methyl sites for hydroxylation is 1. The lowest BCUT2D eigenvalue weighted by Gasteiger charge is -2.44. The highest BCUT2D eigenvalue weighted by atomic mass is 16.5. The maximum atomic E-state index is 6.39. The molecule has 116 valence electrons. The van der Waals surface area contributed by atoms with Crippen molar-refractivity contribution >= 4 is 0 Å². The van der Waals surface area contributed by atoms with Crippen molar-refractivity contribution < 1.29 is 4.74 Å². The predicted molar refractivity (Wildman–Crippen MR) is 86.3 cm³/mol. The fraction of sp³-hybridized carbons (Fsp3) is 0.667. The molecule has 0 amide bonds. The van der Waals surface area contributed by atoms with E-state index in [0.29, 0.717) is 12.1 Å². The van der Waals surface area contributed by atoms with E-state index >= 15 is 0 Å². The zero-order valence-electron chi connectivity index (χ0n) is 12.9. The van der Waals surface area contributed by atoms with E-state index < -0.39 is 0 Å². The van der Waals surface area contributed by atoms with Crippen LogP contribution < -0.4 is 5.73 Å². The standard InChI is InChI=1S/C18H28N2O/c19-16(11-10-15-6-2-1-3-7-15)14-20-12-13-21-18-9-5-4-8-17(18)20/h1-3,6-7,16-18H,4-5,8-14,19H2. The van der Waals surface area contributed by atoms with Crippen molar-refractivity contribution in [3.63, 3.8) is 0 Å². The first kappa shape index (κ1) is 15.0. The van der Waals surface area contributed by atoms with Crippen LogP contribution in [0.4, 0.5) is 0 Å². The van der Waals surface area contributed by atoms with Gasteiger partial charge in [-0.15, -0.1) is 0 Å². The van der Waals surface area contributed by atoms with Gasteiger partial charge in [-0.1, -0.05) is 43.2 Å². The van der Waals surface area contributed by atoms with Crippen LogP contribution in [-0.2, 0) is 11.2 Å². The van der Waals surface area contributed by atoms with Gasteiger partial charge in [0.05, 0.1) is 12.7 Å². The average Bonchev–Trinajstić information content (AvgIpc) is 2.54. The number of nitrogens with two attached hydrogens (primary N) is 1. The Bertz CT molecular complexity index is 420. The number of hydrogen-bond donors (Lipinski definition) is 1. The van der Waals surface area contributed by atoms with Gasteiger partial charge in [0.15, 0.2) is 0 Å². The van der Waals surface area contributed by atoms with Crippen molar-refractivity contribution in [1.82, 2.24) is 4.90 Å². The fourth-order valence-corrected chi connectivity index (χ4v) is 3.79. The number of nitrogens with zero attached hydrogens (tertiary/aromatic N) is 1. The molecule has 1 heterocycles. The third-order valence-corrected chi connectivity index (χ3v) is 4.96. The van der Waals surface area contributed by atoms with Gasteiger partial charge in [-0.25, -0.2) is 0 Å². The Balaban J connectivity index is 1.48. The molecule has 0 aromatic heterocycles. The van der Waals surface area contributed by atoms with Crippen LogP contribution in [0.2, 0.25) is 0 Å². The molecule has 0 bridgehead atoms.